The predicted octanol–water partition coefficient (Wildman–Crippen LogP) is 6.08. The molecule has 0 spiro atoms. The lowest BCUT2D eigenvalue weighted by Crippen LogP contribution is -2.33. The first kappa shape index (κ1) is 25.9. The molecule has 0 unspecified atom stereocenters. The topological polar surface area (TPSA) is 43.4 Å². The van der Waals surface area contributed by atoms with Gasteiger partial charge in [0.1, 0.15) is 9.84 Å². The average molecular weight is 417 g/mol. The summed E-state index contributed by atoms with van der Waals surface area (Å²) in [5, 5.41) is 0. The van der Waals surface area contributed by atoms with E-state index < -0.39 is 9.84 Å². The Morgan fingerprint density at radius 2 is 0.929 bits per heavy atom. The van der Waals surface area contributed by atoms with E-state index in [9.17, 15) is 8.42 Å². The Kier molecular flexibility index (Phi) is 11.1. The van der Waals surface area contributed by atoms with Gasteiger partial charge in [0.05, 0.1) is 11.5 Å². The molecule has 0 aromatic rings. The zero-order valence-electron chi connectivity index (χ0n) is 19.9. The molecule has 0 aliphatic carbocycles. The van der Waals surface area contributed by atoms with E-state index in [1.807, 2.05) is 0 Å². The SMILES string of the molecule is CC(C)C(C(C)C)C1CCOCC1.CC(C)C(C(C)C)C1CCS(=O)(=O)CC1. The van der Waals surface area contributed by atoms with Crippen LogP contribution in [0.5, 0.6) is 0 Å². The summed E-state index contributed by atoms with van der Waals surface area (Å²) in [6.45, 7) is 20.4. The fourth-order valence-corrected chi connectivity index (χ4v) is 7.64. The molecular formula is C24H48O3S. The largest absolute Gasteiger partial charge is 0.381 e. The number of hydrogen-bond acceptors (Lipinski definition) is 3. The molecule has 0 N–H and O–H groups in total. The molecule has 2 aliphatic rings. The molecule has 0 bridgehead atoms. The maximum atomic E-state index is 11.4. The van der Waals surface area contributed by atoms with E-state index in [0.29, 0.717) is 35.2 Å². The zero-order chi connectivity index (χ0) is 21.5. The lowest BCUT2D eigenvalue weighted by atomic mass is 9.73. The molecular weight excluding hydrogens is 368 g/mol. The highest BCUT2D eigenvalue weighted by Crippen LogP contribution is 2.36. The third kappa shape index (κ3) is 8.34. The van der Waals surface area contributed by atoms with Gasteiger partial charge < -0.3 is 4.74 Å². The predicted molar refractivity (Wildman–Crippen MR) is 121 cm³/mol. The molecule has 3 nitrogen and oxygen atoms in total. The van der Waals surface area contributed by atoms with Gasteiger partial charge in [-0.3, -0.25) is 0 Å². The first-order chi connectivity index (χ1) is 13.0. The summed E-state index contributed by atoms with van der Waals surface area (Å²) >= 11 is 0. The molecule has 2 rings (SSSR count). The second-order valence-electron chi connectivity index (χ2n) is 10.6. The van der Waals surface area contributed by atoms with Crippen molar-refractivity contribution in [1.29, 1.82) is 0 Å². The highest BCUT2D eigenvalue weighted by Gasteiger charge is 2.32. The summed E-state index contributed by atoms with van der Waals surface area (Å²) in [5.41, 5.74) is 0. The summed E-state index contributed by atoms with van der Waals surface area (Å²) in [5.74, 6) is 6.89. The average Bonchev–Trinajstić information content (AvgIpc) is 2.57. The quantitative estimate of drug-likeness (QED) is 0.527. The van der Waals surface area contributed by atoms with E-state index in [1.165, 1.54) is 12.8 Å². The van der Waals surface area contributed by atoms with Crippen LogP contribution in [-0.4, -0.2) is 33.1 Å². The highest BCUT2D eigenvalue weighted by molar-refractivity contribution is 7.91. The van der Waals surface area contributed by atoms with Crippen molar-refractivity contribution in [2.75, 3.05) is 24.7 Å². The first-order valence-corrected chi connectivity index (χ1v) is 13.6. The molecule has 0 aromatic carbocycles. The second-order valence-corrected chi connectivity index (χ2v) is 12.9. The van der Waals surface area contributed by atoms with Gasteiger partial charge in [0.25, 0.3) is 0 Å². The summed E-state index contributed by atoms with van der Waals surface area (Å²) in [6.07, 6.45) is 4.31. The van der Waals surface area contributed by atoms with Crippen LogP contribution >= 0.6 is 0 Å². The van der Waals surface area contributed by atoms with Crippen molar-refractivity contribution in [3.8, 4) is 0 Å². The number of rotatable bonds is 6. The minimum atomic E-state index is -2.70. The van der Waals surface area contributed by atoms with Gasteiger partial charge in [-0.15, -0.1) is 0 Å². The van der Waals surface area contributed by atoms with Gasteiger partial charge >= 0.3 is 0 Å². The Balaban J connectivity index is 0.000000283. The third-order valence-electron chi connectivity index (χ3n) is 7.03. The van der Waals surface area contributed by atoms with Crippen molar-refractivity contribution in [2.24, 2.45) is 47.3 Å². The highest BCUT2D eigenvalue weighted by atomic mass is 32.2. The van der Waals surface area contributed by atoms with E-state index >= 15 is 0 Å². The van der Waals surface area contributed by atoms with Crippen LogP contribution in [0.15, 0.2) is 0 Å². The van der Waals surface area contributed by atoms with E-state index in [-0.39, 0.29) is 0 Å². The maximum Gasteiger partial charge on any atom is 0.150 e. The number of ether oxygens (including phenoxy) is 1. The van der Waals surface area contributed by atoms with Crippen LogP contribution in [0.2, 0.25) is 0 Å². The van der Waals surface area contributed by atoms with Crippen LogP contribution in [0.25, 0.3) is 0 Å². The van der Waals surface area contributed by atoms with Crippen molar-refractivity contribution in [1.82, 2.24) is 0 Å². The molecule has 0 aromatic heterocycles. The normalized spacial score (nSPS) is 21.8. The van der Waals surface area contributed by atoms with Crippen LogP contribution in [0, 0.1) is 47.3 Å². The van der Waals surface area contributed by atoms with E-state index in [0.717, 1.165) is 49.7 Å². The first-order valence-electron chi connectivity index (χ1n) is 11.7. The molecule has 2 heterocycles. The van der Waals surface area contributed by atoms with Crippen LogP contribution in [0.4, 0.5) is 0 Å². The standard InChI is InChI=1S/C12H24O2S.C12H24O/c1-9(2)12(10(3)4)11-5-7-15(13,14)8-6-11;1-9(2)12(10(3)4)11-5-7-13-8-6-11/h9-12H,5-8H2,1-4H3;9-12H,5-8H2,1-4H3. The summed E-state index contributed by atoms with van der Waals surface area (Å²) in [7, 11) is -2.70. The monoisotopic (exact) mass is 416 g/mol. The molecule has 2 saturated heterocycles. The minimum absolute atomic E-state index is 0.410. The van der Waals surface area contributed by atoms with Gasteiger partial charge in [-0.1, -0.05) is 55.4 Å². The summed E-state index contributed by atoms with van der Waals surface area (Å²) in [6, 6.07) is 0. The lowest BCUT2D eigenvalue weighted by molar-refractivity contribution is 0.0254. The van der Waals surface area contributed by atoms with Gasteiger partial charge in [0.2, 0.25) is 0 Å². The molecule has 168 valence electrons. The summed E-state index contributed by atoms with van der Waals surface area (Å²) in [4.78, 5) is 0. The van der Waals surface area contributed by atoms with Crippen LogP contribution in [-0.2, 0) is 14.6 Å². The number of hydrogen-bond donors (Lipinski definition) is 0. The van der Waals surface area contributed by atoms with E-state index in [4.69, 9.17) is 4.74 Å². The molecule has 28 heavy (non-hydrogen) atoms. The summed E-state index contributed by atoms with van der Waals surface area (Å²) < 4.78 is 28.1. The smallest absolute Gasteiger partial charge is 0.150 e. The van der Waals surface area contributed by atoms with Crippen LogP contribution < -0.4 is 0 Å². The molecule has 0 saturated carbocycles. The van der Waals surface area contributed by atoms with Crippen molar-refractivity contribution in [2.45, 2.75) is 81.1 Å². The fraction of sp³-hybridized carbons (Fsp3) is 1.00. The second kappa shape index (κ2) is 11.9. The molecule has 0 atom stereocenters. The Hall–Kier alpha value is -0.0900. The van der Waals surface area contributed by atoms with Gasteiger partial charge in [-0.2, -0.15) is 0 Å². The Bertz CT molecular complexity index is 486. The van der Waals surface area contributed by atoms with Crippen LogP contribution in [0.3, 0.4) is 0 Å². The van der Waals surface area contributed by atoms with Crippen molar-refractivity contribution < 1.29 is 13.2 Å². The Labute approximate surface area is 176 Å². The molecule has 0 amide bonds. The molecule has 4 heteroatoms. The van der Waals surface area contributed by atoms with Gasteiger partial charge in [0, 0.05) is 13.2 Å². The Morgan fingerprint density at radius 1 is 0.607 bits per heavy atom. The molecule has 0 radical (unpaired) electrons. The van der Waals surface area contributed by atoms with Crippen molar-refractivity contribution in [3.63, 3.8) is 0 Å². The van der Waals surface area contributed by atoms with Crippen molar-refractivity contribution >= 4 is 9.84 Å². The molecule has 2 fully saturated rings. The minimum Gasteiger partial charge on any atom is -0.381 e. The third-order valence-corrected chi connectivity index (χ3v) is 8.75. The number of sulfone groups is 1. The van der Waals surface area contributed by atoms with Gasteiger partial charge in [-0.05, 0) is 73.0 Å². The molecule has 2 aliphatic heterocycles. The Morgan fingerprint density at radius 3 is 1.25 bits per heavy atom. The fourth-order valence-electron chi connectivity index (χ4n) is 6.11. The van der Waals surface area contributed by atoms with E-state index in [1.54, 1.807) is 0 Å². The maximum absolute atomic E-state index is 11.4. The zero-order valence-corrected chi connectivity index (χ0v) is 20.7. The van der Waals surface area contributed by atoms with Gasteiger partial charge in [0.15, 0.2) is 0 Å². The van der Waals surface area contributed by atoms with E-state index in [2.05, 4.69) is 55.4 Å². The van der Waals surface area contributed by atoms with Gasteiger partial charge in [-0.25, -0.2) is 8.42 Å². The van der Waals surface area contributed by atoms with Crippen molar-refractivity contribution in [3.05, 3.63) is 0 Å². The van der Waals surface area contributed by atoms with Crippen LogP contribution in [0.1, 0.15) is 81.1 Å². The lowest BCUT2D eigenvalue weighted by Gasteiger charge is -2.35.